The molecule has 4 nitrogen and oxygen atoms in total. The van der Waals surface area contributed by atoms with Crippen LogP contribution in [0.2, 0.25) is 10.0 Å². The van der Waals surface area contributed by atoms with Crippen molar-refractivity contribution in [1.82, 2.24) is 5.32 Å². The van der Waals surface area contributed by atoms with Gasteiger partial charge in [-0.15, -0.1) is 0 Å². The van der Waals surface area contributed by atoms with Crippen LogP contribution in [0.3, 0.4) is 0 Å². The number of hydrogen-bond donors (Lipinski definition) is 1. The van der Waals surface area contributed by atoms with E-state index >= 15 is 0 Å². The van der Waals surface area contributed by atoms with Crippen LogP contribution in [0.5, 0.6) is 5.75 Å². The minimum Gasteiger partial charge on any atom is -0.481 e. The van der Waals surface area contributed by atoms with E-state index in [0.29, 0.717) is 5.56 Å². The molecular weight excluding hydrogens is 289 g/mol. The number of benzene rings is 1. The maximum absolute atomic E-state index is 11.5. The lowest BCUT2D eigenvalue weighted by Crippen LogP contribution is -2.34. The minimum absolute atomic E-state index is 0.0122. The Kier molecular flexibility index (Phi) is 5.63. The lowest BCUT2D eigenvalue weighted by Gasteiger charge is -2.13. The monoisotopic (exact) mass is 303 g/mol. The number of ketones is 1. The summed E-state index contributed by atoms with van der Waals surface area (Å²) in [4.78, 5) is 23.0. The number of rotatable bonds is 5. The lowest BCUT2D eigenvalue weighted by molar-refractivity contribution is -0.123. The summed E-state index contributed by atoms with van der Waals surface area (Å²) in [5, 5.41) is 3.07. The largest absolute Gasteiger partial charge is 0.481 e. The summed E-state index contributed by atoms with van der Waals surface area (Å²) in [6, 6.07) is 3.05. The lowest BCUT2D eigenvalue weighted by atomic mass is 10.1. The molecule has 0 aromatic heterocycles. The number of carbonyl (C=O) groups is 2. The highest BCUT2D eigenvalue weighted by atomic mass is 35.5. The standard InChI is InChI=1S/C13H15Cl2NO3/c1-7(2)16-11(18)6-19-13-9(8(3)17)4-5-10(14)12(13)15/h4-5,7H,6H2,1-3H3,(H,16,18). The quantitative estimate of drug-likeness (QED) is 0.850. The average Bonchev–Trinajstić information content (AvgIpc) is 2.29. The average molecular weight is 304 g/mol. The fourth-order valence-electron chi connectivity index (χ4n) is 1.45. The zero-order valence-electron chi connectivity index (χ0n) is 10.9. The number of ether oxygens (including phenoxy) is 1. The molecule has 6 heteroatoms. The molecule has 104 valence electrons. The predicted octanol–water partition coefficient (Wildman–Crippen LogP) is 3.10. The highest BCUT2D eigenvalue weighted by Gasteiger charge is 2.16. The molecule has 0 radical (unpaired) electrons. The summed E-state index contributed by atoms with van der Waals surface area (Å²) in [6.45, 7) is 4.84. The number of nitrogens with one attached hydrogen (secondary N) is 1. The van der Waals surface area contributed by atoms with Gasteiger partial charge in [0, 0.05) is 6.04 Å². The van der Waals surface area contributed by atoms with Crippen LogP contribution >= 0.6 is 23.2 Å². The molecule has 1 rings (SSSR count). The Bertz CT molecular complexity index is 501. The van der Waals surface area contributed by atoms with E-state index in [1.54, 1.807) is 0 Å². The van der Waals surface area contributed by atoms with Gasteiger partial charge in [0.25, 0.3) is 5.91 Å². The number of amides is 1. The van der Waals surface area contributed by atoms with Crippen molar-refractivity contribution in [1.29, 1.82) is 0 Å². The Hall–Kier alpha value is -1.26. The van der Waals surface area contributed by atoms with Crippen LogP contribution in [-0.2, 0) is 4.79 Å². The highest BCUT2D eigenvalue weighted by Crippen LogP contribution is 2.35. The summed E-state index contributed by atoms with van der Waals surface area (Å²) < 4.78 is 5.32. The first-order valence-electron chi connectivity index (χ1n) is 5.74. The van der Waals surface area contributed by atoms with Gasteiger partial charge in [0.1, 0.15) is 5.02 Å². The van der Waals surface area contributed by atoms with Crippen molar-refractivity contribution in [3.05, 3.63) is 27.7 Å². The first-order valence-corrected chi connectivity index (χ1v) is 6.49. The van der Waals surface area contributed by atoms with E-state index in [1.165, 1.54) is 19.1 Å². The summed E-state index contributed by atoms with van der Waals surface area (Å²) in [6.07, 6.45) is 0. The summed E-state index contributed by atoms with van der Waals surface area (Å²) in [5.74, 6) is -0.362. The van der Waals surface area contributed by atoms with Crippen molar-refractivity contribution < 1.29 is 14.3 Å². The molecule has 0 unspecified atom stereocenters. The van der Waals surface area contributed by atoms with E-state index in [4.69, 9.17) is 27.9 Å². The second-order valence-electron chi connectivity index (χ2n) is 4.31. The zero-order valence-corrected chi connectivity index (χ0v) is 12.4. The van der Waals surface area contributed by atoms with Gasteiger partial charge in [-0.2, -0.15) is 0 Å². The SMILES string of the molecule is CC(=O)c1ccc(Cl)c(Cl)c1OCC(=O)NC(C)C. The summed E-state index contributed by atoms with van der Waals surface area (Å²) in [5.41, 5.74) is 0.298. The summed E-state index contributed by atoms with van der Waals surface area (Å²) in [7, 11) is 0. The number of hydrogen-bond acceptors (Lipinski definition) is 3. The van der Waals surface area contributed by atoms with Crippen LogP contribution in [-0.4, -0.2) is 24.3 Å². The molecule has 0 aliphatic heterocycles. The van der Waals surface area contributed by atoms with Crippen molar-refractivity contribution in [2.75, 3.05) is 6.61 Å². The van der Waals surface area contributed by atoms with Crippen molar-refractivity contribution >= 4 is 34.9 Å². The fraction of sp³-hybridized carbons (Fsp3) is 0.385. The molecule has 0 bridgehead atoms. The van der Waals surface area contributed by atoms with E-state index in [-0.39, 0.29) is 40.1 Å². The molecule has 0 saturated carbocycles. The first-order chi connectivity index (χ1) is 8.82. The first kappa shape index (κ1) is 15.8. The Balaban J connectivity index is 2.90. The van der Waals surface area contributed by atoms with E-state index in [1.807, 2.05) is 13.8 Å². The minimum atomic E-state index is -0.291. The van der Waals surface area contributed by atoms with Gasteiger partial charge in [-0.1, -0.05) is 23.2 Å². The van der Waals surface area contributed by atoms with Gasteiger partial charge in [0.05, 0.1) is 10.6 Å². The summed E-state index contributed by atoms with van der Waals surface area (Å²) >= 11 is 11.9. The zero-order chi connectivity index (χ0) is 14.6. The smallest absolute Gasteiger partial charge is 0.258 e. The van der Waals surface area contributed by atoms with Crippen LogP contribution in [0.4, 0.5) is 0 Å². The van der Waals surface area contributed by atoms with Crippen LogP contribution < -0.4 is 10.1 Å². The molecule has 0 aliphatic carbocycles. The third-order valence-corrected chi connectivity index (χ3v) is 3.01. The van der Waals surface area contributed by atoms with Crippen molar-refractivity contribution in [2.24, 2.45) is 0 Å². The van der Waals surface area contributed by atoms with Crippen molar-refractivity contribution in [2.45, 2.75) is 26.8 Å². The molecular formula is C13H15Cl2NO3. The van der Waals surface area contributed by atoms with E-state index < -0.39 is 0 Å². The number of carbonyl (C=O) groups excluding carboxylic acids is 2. The molecule has 0 spiro atoms. The topological polar surface area (TPSA) is 55.4 Å². The van der Waals surface area contributed by atoms with Gasteiger partial charge in [0.15, 0.2) is 18.1 Å². The van der Waals surface area contributed by atoms with Gasteiger partial charge in [-0.25, -0.2) is 0 Å². The number of Topliss-reactive ketones (excluding diaryl/α,β-unsaturated/α-hetero) is 1. The molecule has 0 atom stereocenters. The maximum atomic E-state index is 11.5. The molecule has 0 saturated heterocycles. The van der Waals surface area contributed by atoms with Gasteiger partial charge >= 0.3 is 0 Å². The predicted molar refractivity (Wildman–Crippen MR) is 75.2 cm³/mol. The molecule has 1 N–H and O–H groups in total. The molecule has 0 aliphatic rings. The highest BCUT2D eigenvalue weighted by molar-refractivity contribution is 6.43. The Morgan fingerprint density at radius 3 is 2.47 bits per heavy atom. The Morgan fingerprint density at radius 2 is 1.95 bits per heavy atom. The molecule has 1 aromatic carbocycles. The Labute approximate surface area is 122 Å². The van der Waals surface area contributed by atoms with Gasteiger partial charge < -0.3 is 10.1 Å². The maximum Gasteiger partial charge on any atom is 0.258 e. The third kappa shape index (κ3) is 4.40. The van der Waals surface area contributed by atoms with Crippen molar-refractivity contribution in [3.8, 4) is 5.75 Å². The molecule has 1 aromatic rings. The van der Waals surface area contributed by atoms with E-state index in [0.717, 1.165) is 0 Å². The molecule has 0 fully saturated rings. The molecule has 1 amide bonds. The van der Waals surface area contributed by atoms with Gasteiger partial charge in [-0.05, 0) is 32.9 Å². The second-order valence-corrected chi connectivity index (χ2v) is 5.09. The number of halogens is 2. The molecule has 19 heavy (non-hydrogen) atoms. The normalized spacial score (nSPS) is 10.4. The third-order valence-electron chi connectivity index (χ3n) is 2.23. The van der Waals surface area contributed by atoms with Crippen LogP contribution in [0, 0.1) is 0 Å². The van der Waals surface area contributed by atoms with E-state index in [2.05, 4.69) is 5.32 Å². The van der Waals surface area contributed by atoms with Crippen LogP contribution in [0.25, 0.3) is 0 Å². The second kappa shape index (κ2) is 6.78. The van der Waals surface area contributed by atoms with Gasteiger partial charge in [0.2, 0.25) is 0 Å². The Morgan fingerprint density at radius 1 is 1.32 bits per heavy atom. The van der Waals surface area contributed by atoms with Crippen molar-refractivity contribution in [3.63, 3.8) is 0 Å². The molecule has 0 heterocycles. The van der Waals surface area contributed by atoms with Crippen LogP contribution in [0.1, 0.15) is 31.1 Å². The van der Waals surface area contributed by atoms with Gasteiger partial charge in [-0.3, -0.25) is 9.59 Å². The fourth-order valence-corrected chi connectivity index (χ4v) is 1.82. The van der Waals surface area contributed by atoms with Crippen LogP contribution in [0.15, 0.2) is 12.1 Å². The van der Waals surface area contributed by atoms with E-state index in [9.17, 15) is 9.59 Å².